The largest absolute Gasteiger partial charge is 0.354 e. The van der Waals surface area contributed by atoms with Crippen molar-refractivity contribution in [3.05, 3.63) is 34.0 Å². The van der Waals surface area contributed by atoms with Gasteiger partial charge in [0.1, 0.15) is 0 Å². The van der Waals surface area contributed by atoms with E-state index in [0.29, 0.717) is 10.5 Å². The van der Waals surface area contributed by atoms with Crippen molar-refractivity contribution >= 4 is 28.7 Å². The van der Waals surface area contributed by atoms with E-state index in [-0.39, 0.29) is 0 Å². The fourth-order valence-electron chi connectivity index (χ4n) is 0.974. The Bertz CT molecular complexity index is 448. The Morgan fingerprint density at radius 1 is 1.50 bits per heavy atom. The smallest absolute Gasteiger partial charge is 0.204 e. The average Bonchev–Trinajstić information content (AvgIpc) is 2.63. The van der Waals surface area contributed by atoms with Crippen molar-refractivity contribution in [3.63, 3.8) is 0 Å². The van der Waals surface area contributed by atoms with E-state index in [1.807, 2.05) is 18.2 Å². The maximum atomic E-state index is 4.91. The Balaban J connectivity index is 1.98. The number of H-pyrrole nitrogens is 1. The maximum Gasteiger partial charge on any atom is 0.204 e. The van der Waals surface area contributed by atoms with E-state index in [2.05, 4.69) is 20.5 Å². The first-order chi connectivity index (χ1) is 6.84. The molecule has 6 heteroatoms. The van der Waals surface area contributed by atoms with E-state index in [0.717, 1.165) is 10.8 Å². The van der Waals surface area contributed by atoms with Crippen molar-refractivity contribution in [1.82, 2.24) is 15.2 Å². The molecule has 0 radical (unpaired) electrons. The van der Waals surface area contributed by atoms with Crippen LogP contribution >= 0.6 is 23.6 Å². The van der Waals surface area contributed by atoms with E-state index in [9.17, 15) is 0 Å². The molecule has 72 valence electrons. The molecule has 0 aliphatic heterocycles. The van der Waals surface area contributed by atoms with Gasteiger partial charge in [-0.15, -0.1) is 5.10 Å². The zero-order valence-corrected chi connectivity index (χ0v) is 8.86. The molecule has 2 rings (SSSR count). The van der Waals surface area contributed by atoms with Gasteiger partial charge in [0.25, 0.3) is 0 Å². The minimum Gasteiger partial charge on any atom is -0.354 e. The standard InChI is InChI=1S/C8H8N4S2/c13-8-12-11-7(14-8)10-5-6-3-1-2-4-9-6/h1-4H,5H2,(H,10,11)(H,12,13). The topological polar surface area (TPSA) is 53.6 Å². The summed E-state index contributed by atoms with van der Waals surface area (Å²) in [6.45, 7) is 0.664. The summed E-state index contributed by atoms with van der Waals surface area (Å²) in [4.78, 5) is 4.18. The summed E-state index contributed by atoms with van der Waals surface area (Å²) in [5, 5.41) is 10.6. The van der Waals surface area contributed by atoms with Gasteiger partial charge in [0.2, 0.25) is 5.13 Å². The predicted octanol–water partition coefficient (Wildman–Crippen LogP) is 2.21. The Morgan fingerprint density at radius 2 is 2.43 bits per heavy atom. The molecule has 14 heavy (non-hydrogen) atoms. The third-order valence-corrected chi connectivity index (χ3v) is 2.63. The first-order valence-corrected chi connectivity index (χ1v) is 5.26. The molecule has 0 saturated carbocycles. The molecule has 0 amide bonds. The lowest BCUT2D eigenvalue weighted by Gasteiger charge is -1.99. The second-order valence-electron chi connectivity index (χ2n) is 2.59. The van der Waals surface area contributed by atoms with Crippen LogP contribution in [0.5, 0.6) is 0 Å². The monoisotopic (exact) mass is 224 g/mol. The first kappa shape index (κ1) is 9.29. The van der Waals surface area contributed by atoms with Crippen molar-refractivity contribution in [2.24, 2.45) is 0 Å². The number of nitrogens with zero attached hydrogens (tertiary/aromatic N) is 2. The van der Waals surface area contributed by atoms with Gasteiger partial charge < -0.3 is 5.32 Å². The third kappa shape index (κ3) is 2.36. The Kier molecular flexibility index (Phi) is 2.85. The van der Waals surface area contributed by atoms with Gasteiger partial charge in [0.15, 0.2) is 3.95 Å². The number of pyridine rings is 1. The van der Waals surface area contributed by atoms with Gasteiger partial charge in [0.05, 0.1) is 12.2 Å². The van der Waals surface area contributed by atoms with Gasteiger partial charge in [-0.3, -0.25) is 10.1 Å². The normalized spacial score (nSPS) is 10.0. The van der Waals surface area contributed by atoms with Crippen LogP contribution in [0.2, 0.25) is 0 Å². The SMILES string of the molecule is S=c1[nH]nc(NCc2ccccn2)s1. The lowest BCUT2D eigenvalue weighted by molar-refractivity contribution is 1.01. The number of aromatic amines is 1. The van der Waals surface area contributed by atoms with Crippen LogP contribution in [-0.4, -0.2) is 15.2 Å². The molecule has 2 N–H and O–H groups in total. The number of nitrogens with one attached hydrogen (secondary N) is 2. The number of aromatic nitrogens is 3. The molecule has 4 nitrogen and oxygen atoms in total. The molecular weight excluding hydrogens is 216 g/mol. The maximum absolute atomic E-state index is 4.91. The van der Waals surface area contributed by atoms with Crippen molar-refractivity contribution in [3.8, 4) is 0 Å². The highest BCUT2D eigenvalue weighted by molar-refractivity contribution is 7.73. The van der Waals surface area contributed by atoms with Crippen LogP contribution in [0.3, 0.4) is 0 Å². The quantitative estimate of drug-likeness (QED) is 0.785. The van der Waals surface area contributed by atoms with Crippen molar-refractivity contribution in [2.45, 2.75) is 6.54 Å². The second-order valence-corrected chi connectivity index (χ2v) is 4.26. The van der Waals surface area contributed by atoms with Gasteiger partial charge in [-0.25, -0.2) is 0 Å². The van der Waals surface area contributed by atoms with Crippen LogP contribution in [0.1, 0.15) is 5.69 Å². The average molecular weight is 224 g/mol. The van der Waals surface area contributed by atoms with E-state index in [4.69, 9.17) is 12.2 Å². The van der Waals surface area contributed by atoms with Crippen LogP contribution in [0.4, 0.5) is 5.13 Å². The molecule has 0 saturated heterocycles. The molecule has 0 bridgehead atoms. The van der Waals surface area contributed by atoms with Crippen LogP contribution in [0, 0.1) is 3.95 Å². The Morgan fingerprint density at radius 3 is 3.07 bits per heavy atom. The van der Waals surface area contributed by atoms with Crippen molar-refractivity contribution < 1.29 is 0 Å². The molecule has 0 fully saturated rings. The molecule has 0 spiro atoms. The van der Waals surface area contributed by atoms with Gasteiger partial charge in [-0.05, 0) is 24.4 Å². The fraction of sp³-hybridized carbons (Fsp3) is 0.125. The summed E-state index contributed by atoms with van der Waals surface area (Å²) >= 11 is 6.32. The summed E-state index contributed by atoms with van der Waals surface area (Å²) in [6.07, 6.45) is 1.77. The van der Waals surface area contributed by atoms with Crippen LogP contribution in [-0.2, 0) is 6.54 Å². The molecule has 2 aromatic rings. The molecule has 0 unspecified atom stereocenters. The molecule has 0 aliphatic carbocycles. The highest BCUT2D eigenvalue weighted by Crippen LogP contribution is 2.11. The van der Waals surface area contributed by atoms with E-state index in [1.165, 1.54) is 11.3 Å². The summed E-state index contributed by atoms with van der Waals surface area (Å²) in [5.41, 5.74) is 0.980. The number of anilines is 1. The van der Waals surface area contributed by atoms with Gasteiger partial charge in [-0.2, -0.15) is 0 Å². The zero-order chi connectivity index (χ0) is 9.80. The van der Waals surface area contributed by atoms with Crippen LogP contribution in [0.25, 0.3) is 0 Å². The molecule has 0 aromatic carbocycles. The highest BCUT2D eigenvalue weighted by Gasteiger charge is 1.96. The van der Waals surface area contributed by atoms with Crippen LogP contribution in [0.15, 0.2) is 24.4 Å². The van der Waals surface area contributed by atoms with Crippen LogP contribution < -0.4 is 5.32 Å². The summed E-state index contributed by atoms with van der Waals surface area (Å²) in [5.74, 6) is 0. The van der Waals surface area contributed by atoms with E-state index in [1.54, 1.807) is 6.20 Å². The predicted molar refractivity (Wildman–Crippen MR) is 58.9 cm³/mol. The van der Waals surface area contributed by atoms with Gasteiger partial charge >= 0.3 is 0 Å². The summed E-state index contributed by atoms with van der Waals surface area (Å²) in [6, 6.07) is 5.80. The third-order valence-electron chi connectivity index (χ3n) is 1.58. The van der Waals surface area contributed by atoms with Gasteiger partial charge in [-0.1, -0.05) is 17.4 Å². The number of rotatable bonds is 3. The lowest BCUT2D eigenvalue weighted by atomic mass is 10.3. The van der Waals surface area contributed by atoms with E-state index < -0.39 is 0 Å². The van der Waals surface area contributed by atoms with Gasteiger partial charge in [0, 0.05) is 6.20 Å². The Labute approximate surface area is 90.0 Å². The van der Waals surface area contributed by atoms with Crippen molar-refractivity contribution in [1.29, 1.82) is 0 Å². The second kappa shape index (κ2) is 4.30. The molecule has 0 aliphatic rings. The summed E-state index contributed by atoms with van der Waals surface area (Å²) in [7, 11) is 0. The number of hydrogen-bond donors (Lipinski definition) is 2. The molecule has 0 atom stereocenters. The molecule has 2 aromatic heterocycles. The molecule has 2 heterocycles. The Hall–Kier alpha value is -1.27. The van der Waals surface area contributed by atoms with E-state index >= 15 is 0 Å². The van der Waals surface area contributed by atoms with Crippen molar-refractivity contribution in [2.75, 3.05) is 5.32 Å². The highest BCUT2D eigenvalue weighted by atomic mass is 32.1. The fourth-order valence-corrected chi connectivity index (χ4v) is 1.76. The number of hydrogen-bond acceptors (Lipinski definition) is 5. The minimum atomic E-state index is 0.664. The summed E-state index contributed by atoms with van der Waals surface area (Å²) < 4.78 is 0.675. The lowest BCUT2D eigenvalue weighted by Crippen LogP contribution is -2.00. The first-order valence-electron chi connectivity index (χ1n) is 4.04. The minimum absolute atomic E-state index is 0.664. The molecular formula is C8H8N4S2. The zero-order valence-electron chi connectivity index (χ0n) is 7.23.